The third kappa shape index (κ3) is 2.25. The van der Waals surface area contributed by atoms with Gasteiger partial charge in [0, 0.05) is 4.90 Å². The van der Waals surface area contributed by atoms with Gasteiger partial charge >= 0.3 is 0 Å². The zero-order valence-corrected chi connectivity index (χ0v) is 9.59. The average molecular weight is 215 g/mol. The van der Waals surface area contributed by atoms with Gasteiger partial charge < -0.3 is 0 Å². The van der Waals surface area contributed by atoms with E-state index in [0.29, 0.717) is 0 Å². The number of benzene rings is 1. The minimum absolute atomic E-state index is 0.963. The number of hydrogen-bond acceptors (Lipinski definition) is 2. The van der Waals surface area contributed by atoms with Crippen molar-refractivity contribution in [3.8, 4) is 0 Å². The first-order valence-electron chi connectivity index (χ1n) is 4.24. The van der Waals surface area contributed by atoms with E-state index < -0.39 is 10.0 Å². The highest BCUT2D eigenvalue weighted by Crippen LogP contribution is 2.39. The van der Waals surface area contributed by atoms with E-state index in [9.17, 15) is 4.21 Å². The number of nitrogens with one attached hydrogen (secondary N) is 1. The van der Waals surface area contributed by atoms with E-state index in [1.54, 1.807) is 0 Å². The summed E-state index contributed by atoms with van der Waals surface area (Å²) in [7, 11) is 0.416. The lowest BCUT2D eigenvalue weighted by Crippen LogP contribution is -1.90. The standard InChI is InChI=1S/C7H7NOS2.C2H6/c1-5-3-2-4-6-7(5)10-11(9)8-6;1-2/h2-4,8H,1H3;1-2H3. The summed E-state index contributed by atoms with van der Waals surface area (Å²) in [6.07, 6.45) is 0. The molecule has 13 heavy (non-hydrogen) atoms. The smallest absolute Gasteiger partial charge is 0.184 e. The van der Waals surface area contributed by atoms with Crippen molar-refractivity contribution in [2.45, 2.75) is 25.7 Å². The highest BCUT2D eigenvalue weighted by Gasteiger charge is 2.18. The lowest BCUT2D eigenvalue weighted by Gasteiger charge is -1.97. The summed E-state index contributed by atoms with van der Waals surface area (Å²) < 4.78 is 13.9. The highest BCUT2D eigenvalue weighted by molar-refractivity contribution is 8.70. The minimum Gasteiger partial charge on any atom is -0.295 e. The fourth-order valence-electron chi connectivity index (χ4n) is 1.03. The molecule has 0 aromatic heterocycles. The second-order valence-corrected chi connectivity index (χ2v) is 5.03. The van der Waals surface area contributed by atoms with Crippen LogP contribution in [0.15, 0.2) is 23.1 Å². The van der Waals surface area contributed by atoms with Gasteiger partial charge in [0.05, 0.1) is 5.69 Å². The number of aryl methyl sites for hydroxylation is 1. The van der Waals surface area contributed by atoms with E-state index in [0.717, 1.165) is 10.6 Å². The lowest BCUT2D eigenvalue weighted by atomic mass is 10.2. The van der Waals surface area contributed by atoms with Crippen molar-refractivity contribution >= 4 is 26.5 Å². The van der Waals surface area contributed by atoms with Crippen LogP contribution >= 0.6 is 10.8 Å². The van der Waals surface area contributed by atoms with Crippen molar-refractivity contribution in [1.82, 2.24) is 0 Å². The molecule has 0 fully saturated rings. The number of hydrogen-bond donors (Lipinski definition) is 1. The molecule has 1 aromatic carbocycles. The van der Waals surface area contributed by atoms with Gasteiger partial charge in [-0.2, -0.15) is 0 Å². The summed E-state index contributed by atoms with van der Waals surface area (Å²) >= 11 is 0. The van der Waals surface area contributed by atoms with E-state index in [4.69, 9.17) is 0 Å². The minimum atomic E-state index is -0.963. The van der Waals surface area contributed by atoms with Crippen LogP contribution in [0.2, 0.25) is 0 Å². The molecule has 0 bridgehead atoms. The van der Waals surface area contributed by atoms with Gasteiger partial charge in [0.2, 0.25) is 0 Å². The molecular formula is C9H13NOS2. The lowest BCUT2D eigenvalue weighted by molar-refractivity contribution is 0.694. The maximum atomic E-state index is 11.0. The summed E-state index contributed by atoms with van der Waals surface area (Å²) in [6, 6.07) is 5.93. The van der Waals surface area contributed by atoms with Crippen LogP contribution in [0.4, 0.5) is 5.69 Å². The van der Waals surface area contributed by atoms with Crippen molar-refractivity contribution in [1.29, 1.82) is 0 Å². The Morgan fingerprint density at radius 3 is 2.69 bits per heavy atom. The normalized spacial score (nSPS) is 18.2. The van der Waals surface area contributed by atoms with Crippen LogP contribution in [-0.4, -0.2) is 4.21 Å². The number of rotatable bonds is 0. The Morgan fingerprint density at radius 2 is 2.08 bits per heavy atom. The Morgan fingerprint density at radius 1 is 1.38 bits per heavy atom. The van der Waals surface area contributed by atoms with Gasteiger partial charge in [0.25, 0.3) is 0 Å². The Balaban J connectivity index is 0.000000396. The predicted octanol–water partition coefficient (Wildman–Crippen LogP) is 3.12. The van der Waals surface area contributed by atoms with Gasteiger partial charge in [-0.05, 0) is 29.3 Å². The third-order valence-corrected chi connectivity index (χ3v) is 4.01. The van der Waals surface area contributed by atoms with Crippen LogP contribution in [0.5, 0.6) is 0 Å². The topological polar surface area (TPSA) is 29.1 Å². The molecule has 1 aliphatic rings. The van der Waals surface area contributed by atoms with E-state index >= 15 is 0 Å². The van der Waals surface area contributed by atoms with Crippen LogP contribution in [0.3, 0.4) is 0 Å². The molecule has 0 saturated carbocycles. The molecule has 2 rings (SSSR count). The van der Waals surface area contributed by atoms with Crippen LogP contribution < -0.4 is 4.72 Å². The van der Waals surface area contributed by atoms with Crippen molar-refractivity contribution in [2.75, 3.05) is 4.72 Å². The molecule has 1 heterocycles. The molecule has 0 amide bonds. The SMILES string of the molecule is CC.Cc1cccc2c1SS(=O)N2. The van der Waals surface area contributed by atoms with Crippen molar-refractivity contribution in [2.24, 2.45) is 0 Å². The molecule has 0 aliphatic carbocycles. The second-order valence-electron chi connectivity index (χ2n) is 2.37. The third-order valence-electron chi connectivity index (χ3n) is 1.56. The summed E-state index contributed by atoms with van der Waals surface area (Å²) in [5, 5.41) is 0. The Labute approximate surface area is 85.1 Å². The molecule has 1 unspecified atom stereocenters. The number of anilines is 1. The molecule has 1 N–H and O–H groups in total. The Bertz CT molecular complexity index is 325. The molecule has 4 heteroatoms. The van der Waals surface area contributed by atoms with Crippen molar-refractivity contribution < 1.29 is 4.21 Å². The summed E-state index contributed by atoms with van der Waals surface area (Å²) in [5.41, 5.74) is 2.18. The summed E-state index contributed by atoms with van der Waals surface area (Å²) in [6.45, 7) is 6.02. The van der Waals surface area contributed by atoms with Gasteiger partial charge in [-0.25, -0.2) is 4.21 Å². The molecular weight excluding hydrogens is 202 g/mol. The van der Waals surface area contributed by atoms with Crippen LogP contribution in [0.25, 0.3) is 0 Å². The van der Waals surface area contributed by atoms with Gasteiger partial charge in [-0.1, -0.05) is 26.0 Å². The maximum absolute atomic E-state index is 11.0. The van der Waals surface area contributed by atoms with Crippen LogP contribution in [0.1, 0.15) is 19.4 Å². The molecule has 0 saturated heterocycles. The van der Waals surface area contributed by atoms with E-state index in [-0.39, 0.29) is 0 Å². The van der Waals surface area contributed by atoms with Crippen LogP contribution in [0, 0.1) is 6.92 Å². The van der Waals surface area contributed by atoms with E-state index in [2.05, 4.69) is 4.72 Å². The average Bonchev–Trinajstić information content (AvgIpc) is 2.51. The van der Waals surface area contributed by atoms with Gasteiger partial charge in [-0.15, -0.1) is 0 Å². The molecule has 2 nitrogen and oxygen atoms in total. The molecule has 72 valence electrons. The maximum Gasteiger partial charge on any atom is 0.184 e. The van der Waals surface area contributed by atoms with E-state index in [1.165, 1.54) is 16.4 Å². The monoisotopic (exact) mass is 215 g/mol. The second kappa shape index (κ2) is 4.67. The Hall–Kier alpha value is -0.480. The van der Waals surface area contributed by atoms with Gasteiger partial charge in [0.1, 0.15) is 0 Å². The fraction of sp³-hybridized carbons (Fsp3) is 0.333. The molecule has 1 aromatic rings. The summed E-state index contributed by atoms with van der Waals surface area (Å²) in [5.74, 6) is 0. The first-order valence-corrected chi connectivity index (χ1v) is 6.72. The molecule has 1 aliphatic heterocycles. The summed E-state index contributed by atoms with van der Waals surface area (Å²) in [4.78, 5) is 1.12. The molecule has 0 spiro atoms. The zero-order valence-electron chi connectivity index (χ0n) is 7.96. The largest absolute Gasteiger partial charge is 0.295 e. The van der Waals surface area contributed by atoms with Crippen molar-refractivity contribution in [3.05, 3.63) is 23.8 Å². The van der Waals surface area contributed by atoms with Gasteiger partial charge in [-0.3, -0.25) is 4.72 Å². The van der Waals surface area contributed by atoms with Crippen molar-refractivity contribution in [3.63, 3.8) is 0 Å². The predicted molar refractivity (Wildman–Crippen MR) is 60.1 cm³/mol. The van der Waals surface area contributed by atoms with Gasteiger partial charge in [0.15, 0.2) is 10.0 Å². The quantitative estimate of drug-likeness (QED) is 0.674. The molecule has 1 atom stereocenters. The number of fused-ring (bicyclic) bond motifs is 1. The first-order chi connectivity index (χ1) is 6.27. The zero-order chi connectivity index (χ0) is 9.84. The Kier molecular flexibility index (Phi) is 3.81. The van der Waals surface area contributed by atoms with Crippen LogP contribution in [-0.2, 0) is 10.0 Å². The first kappa shape index (κ1) is 10.6. The van der Waals surface area contributed by atoms with E-state index in [1.807, 2.05) is 39.0 Å². The highest BCUT2D eigenvalue weighted by atomic mass is 33.1. The fourth-order valence-corrected chi connectivity index (χ4v) is 3.56. The molecule has 0 radical (unpaired) electrons.